The summed E-state index contributed by atoms with van der Waals surface area (Å²) in [5, 5.41) is 0.0980. The summed E-state index contributed by atoms with van der Waals surface area (Å²) in [5.74, 6) is -2.03. The van der Waals surface area contributed by atoms with Crippen molar-refractivity contribution in [1.29, 1.82) is 0 Å². The number of methoxy groups -OCH3 is 2. The van der Waals surface area contributed by atoms with Crippen LogP contribution in [0.2, 0.25) is 36.3 Å². The molecule has 2 aliphatic heterocycles. The van der Waals surface area contributed by atoms with Gasteiger partial charge in [0, 0.05) is 39.1 Å². The van der Waals surface area contributed by atoms with Gasteiger partial charge in [0.05, 0.1) is 37.6 Å². The minimum Gasteiger partial charge on any atom is -0.413 e. The maximum absolute atomic E-state index is 7.34. The summed E-state index contributed by atoms with van der Waals surface area (Å²) in [5.41, 5.74) is 1.14. The van der Waals surface area contributed by atoms with Crippen molar-refractivity contribution in [1.82, 2.24) is 0 Å². The van der Waals surface area contributed by atoms with Crippen LogP contribution in [0, 0.1) is 11.8 Å². The lowest BCUT2D eigenvalue weighted by Gasteiger charge is -2.56. The highest BCUT2D eigenvalue weighted by molar-refractivity contribution is 6.74. The Balaban J connectivity index is 1.99. The number of hydrogen-bond donors (Lipinski definition) is 0. The van der Waals surface area contributed by atoms with Gasteiger partial charge in [-0.2, -0.15) is 0 Å². The first-order valence-corrected chi connectivity index (χ1v) is 23.9. The highest BCUT2D eigenvalue weighted by Crippen LogP contribution is 2.51. The third kappa shape index (κ3) is 9.80. The third-order valence-electron chi connectivity index (χ3n) is 11.5. The Bertz CT molecular complexity index is 1130. The Labute approximate surface area is 295 Å². The second kappa shape index (κ2) is 15.9. The van der Waals surface area contributed by atoms with Crippen LogP contribution in [0.25, 0.3) is 0 Å². The second-order valence-electron chi connectivity index (χ2n) is 17.7. The van der Waals surface area contributed by atoms with Gasteiger partial charge >= 0.3 is 0 Å². The molecule has 2 heterocycles. The standard InChI is InChI=1S/C38H70O8Si2/c1-27-32(24-30(26-39-11)45-47(13,14)35(3,4)5)43-38(40-12,28(2)33(27)46-48(15,16)36(6,7)8)34-31(42-37(9,10)44-34)22-23-41-25-29-20-18-17-19-21-29/h17-21,27-28,30-34H,22-26H2,1-16H3/t27-,28+,30+,31-,32+,33-,34+,38+/m0/s1. The molecule has 1 aromatic carbocycles. The van der Waals surface area contributed by atoms with E-state index in [4.69, 9.17) is 37.3 Å². The van der Waals surface area contributed by atoms with Crippen LogP contribution in [0.15, 0.2) is 30.3 Å². The van der Waals surface area contributed by atoms with Crippen molar-refractivity contribution in [3.05, 3.63) is 35.9 Å². The lowest BCUT2D eigenvalue weighted by molar-refractivity contribution is -0.366. The highest BCUT2D eigenvalue weighted by Gasteiger charge is 2.63. The molecule has 2 aliphatic rings. The van der Waals surface area contributed by atoms with E-state index < -0.39 is 34.3 Å². The van der Waals surface area contributed by atoms with E-state index in [1.807, 2.05) is 32.0 Å². The van der Waals surface area contributed by atoms with Gasteiger partial charge in [0.2, 0.25) is 5.79 Å². The fourth-order valence-corrected chi connectivity index (χ4v) is 9.36. The Morgan fingerprint density at radius 1 is 0.833 bits per heavy atom. The maximum Gasteiger partial charge on any atom is 0.202 e. The van der Waals surface area contributed by atoms with Crippen molar-refractivity contribution < 1.29 is 37.3 Å². The van der Waals surface area contributed by atoms with E-state index in [1.54, 1.807) is 14.2 Å². The smallest absolute Gasteiger partial charge is 0.202 e. The van der Waals surface area contributed by atoms with Crippen molar-refractivity contribution >= 4 is 16.6 Å². The summed E-state index contributed by atoms with van der Waals surface area (Å²) in [7, 11) is -0.809. The van der Waals surface area contributed by atoms with Crippen LogP contribution >= 0.6 is 0 Å². The zero-order chi connectivity index (χ0) is 36.3. The van der Waals surface area contributed by atoms with E-state index in [9.17, 15) is 0 Å². The molecular formula is C38H70O8Si2. The molecule has 2 saturated heterocycles. The van der Waals surface area contributed by atoms with Crippen molar-refractivity contribution in [2.75, 3.05) is 27.4 Å². The lowest BCUT2D eigenvalue weighted by Crippen LogP contribution is -2.67. The molecular weight excluding hydrogens is 641 g/mol. The van der Waals surface area contributed by atoms with Crippen LogP contribution in [-0.4, -0.2) is 86.2 Å². The molecule has 3 rings (SSSR count). The van der Waals surface area contributed by atoms with E-state index in [0.717, 1.165) is 5.56 Å². The van der Waals surface area contributed by atoms with Crippen LogP contribution in [0.5, 0.6) is 0 Å². The average molecular weight is 711 g/mol. The zero-order valence-corrected chi connectivity index (χ0v) is 35.2. The molecule has 278 valence electrons. The zero-order valence-electron chi connectivity index (χ0n) is 33.2. The first-order valence-electron chi connectivity index (χ1n) is 18.0. The summed E-state index contributed by atoms with van der Waals surface area (Å²) in [6, 6.07) is 10.2. The van der Waals surface area contributed by atoms with Crippen molar-refractivity contribution in [2.24, 2.45) is 11.8 Å². The van der Waals surface area contributed by atoms with Gasteiger partial charge in [-0.15, -0.1) is 0 Å². The maximum atomic E-state index is 7.34. The molecule has 0 saturated carbocycles. The Kier molecular flexibility index (Phi) is 13.8. The summed E-state index contributed by atoms with van der Waals surface area (Å²) in [4.78, 5) is 0. The van der Waals surface area contributed by atoms with Crippen molar-refractivity contribution in [2.45, 2.75) is 167 Å². The van der Waals surface area contributed by atoms with Gasteiger partial charge in [0.15, 0.2) is 22.4 Å². The van der Waals surface area contributed by atoms with Gasteiger partial charge in [0.25, 0.3) is 0 Å². The van der Waals surface area contributed by atoms with E-state index >= 15 is 0 Å². The van der Waals surface area contributed by atoms with Gasteiger partial charge < -0.3 is 37.3 Å². The molecule has 48 heavy (non-hydrogen) atoms. The van der Waals surface area contributed by atoms with E-state index in [1.165, 1.54) is 0 Å². The average Bonchev–Trinajstić information content (AvgIpc) is 3.28. The largest absolute Gasteiger partial charge is 0.413 e. The van der Waals surface area contributed by atoms with Gasteiger partial charge in [-0.1, -0.05) is 85.7 Å². The third-order valence-corrected chi connectivity index (χ3v) is 20.5. The summed E-state index contributed by atoms with van der Waals surface area (Å²) >= 11 is 0. The minimum atomic E-state index is -2.19. The Hall–Kier alpha value is -0.666. The number of hydrogen-bond acceptors (Lipinski definition) is 8. The Morgan fingerprint density at radius 3 is 1.98 bits per heavy atom. The first-order chi connectivity index (χ1) is 22.0. The van der Waals surface area contributed by atoms with Crippen LogP contribution in [-0.2, 0) is 43.9 Å². The molecule has 8 atom stereocenters. The molecule has 2 fully saturated rings. The summed E-state index contributed by atoms with van der Waals surface area (Å²) in [6.07, 6.45) is -0.0325. The van der Waals surface area contributed by atoms with Gasteiger partial charge in [-0.05, 0) is 62.1 Å². The Morgan fingerprint density at radius 2 is 1.44 bits per heavy atom. The molecule has 8 nitrogen and oxygen atoms in total. The van der Waals surface area contributed by atoms with Crippen LogP contribution in [0.3, 0.4) is 0 Å². The fraction of sp³-hybridized carbons (Fsp3) is 0.842. The monoisotopic (exact) mass is 710 g/mol. The van der Waals surface area contributed by atoms with Gasteiger partial charge in [-0.25, -0.2) is 0 Å². The van der Waals surface area contributed by atoms with Gasteiger partial charge in [-0.3, -0.25) is 0 Å². The fourth-order valence-electron chi connectivity index (χ4n) is 6.55. The topological polar surface area (TPSA) is 73.8 Å². The predicted molar refractivity (Wildman–Crippen MR) is 198 cm³/mol. The first kappa shape index (κ1) is 41.8. The second-order valence-corrected chi connectivity index (χ2v) is 27.2. The quantitative estimate of drug-likeness (QED) is 0.132. The number of ether oxygens (including phenoxy) is 6. The van der Waals surface area contributed by atoms with E-state index in [0.29, 0.717) is 32.7 Å². The molecule has 0 unspecified atom stereocenters. The summed E-state index contributed by atoms with van der Waals surface area (Å²) < 4.78 is 53.4. The molecule has 0 aliphatic carbocycles. The molecule has 0 spiro atoms. The van der Waals surface area contributed by atoms with E-state index in [2.05, 4.69) is 93.7 Å². The predicted octanol–water partition coefficient (Wildman–Crippen LogP) is 8.94. The van der Waals surface area contributed by atoms with E-state index in [-0.39, 0.29) is 46.3 Å². The van der Waals surface area contributed by atoms with Crippen LogP contribution in [0.4, 0.5) is 0 Å². The van der Waals surface area contributed by atoms with Crippen molar-refractivity contribution in [3.63, 3.8) is 0 Å². The molecule has 0 amide bonds. The van der Waals surface area contributed by atoms with Crippen LogP contribution < -0.4 is 0 Å². The molecule has 0 aromatic heterocycles. The molecule has 0 bridgehead atoms. The van der Waals surface area contributed by atoms with Crippen LogP contribution in [0.1, 0.15) is 87.6 Å². The SMILES string of the molecule is COC[C@@H](C[C@H]1O[C@@](OC)([C@@H]2OC(C)(C)O[C@H]2CCOCc2ccccc2)[C@H](C)[C@@H](O[Si](C)(C)C(C)(C)C)[C@H]1C)O[Si](C)(C)C(C)(C)C. The molecule has 0 radical (unpaired) electrons. The molecule has 1 aromatic rings. The van der Waals surface area contributed by atoms with Gasteiger partial charge in [0.1, 0.15) is 6.10 Å². The van der Waals surface area contributed by atoms with Crippen molar-refractivity contribution in [3.8, 4) is 0 Å². The minimum absolute atomic E-state index is 0.0353. The normalized spacial score (nSPS) is 30.8. The number of benzene rings is 1. The highest BCUT2D eigenvalue weighted by atomic mass is 28.4. The lowest BCUT2D eigenvalue weighted by atomic mass is 9.76. The number of rotatable bonds is 15. The molecule has 10 heteroatoms. The molecule has 0 N–H and O–H groups in total. The summed E-state index contributed by atoms with van der Waals surface area (Å²) in [6.45, 7) is 32.9.